The molecule has 28 heavy (non-hydrogen) atoms. The summed E-state index contributed by atoms with van der Waals surface area (Å²) in [4.78, 5) is 21.2. The van der Waals surface area contributed by atoms with Crippen LogP contribution in [0.25, 0.3) is 0 Å². The molecule has 1 aliphatic heterocycles. The number of alkyl halides is 3. The van der Waals surface area contributed by atoms with Crippen LogP contribution in [0.5, 0.6) is 0 Å². The van der Waals surface area contributed by atoms with Crippen LogP contribution in [-0.4, -0.2) is 61.3 Å². The fourth-order valence-corrected chi connectivity index (χ4v) is 3.46. The Morgan fingerprint density at radius 1 is 1.43 bits per heavy atom. The number of hydrogen-bond donors (Lipinski definition) is 2. The molecule has 0 radical (unpaired) electrons. The second-order valence-electron chi connectivity index (χ2n) is 6.01. The lowest BCUT2D eigenvalue weighted by molar-refractivity contribution is -0.140. The fourth-order valence-electron chi connectivity index (χ4n) is 2.67. The number of piperidine rings is 1. The highest BCUT2D eigenvalue weighted by Crippen LogP contribution is 2.30. The summed E-state index contributed by atoms with van der Waals surface area (Å²) in [6.07, 6.45) is -2.86. The number of halogens is 4. The molecule has 12 heteroatoms. The van der Waals surface area contributed by atoms with Gasteiger partial charge in [0.15, 0.2) is 11.7 Å². The van der Waals surface area contributed by atoms with Gasteiger partial charge in [0.25, 0.3) is 0 Å². The monoisotopic (exact) mass is 535 g/mol. The Bertz CT molecular complexity index is 648. The highest BCUT2D eigenvalue weighted by Gasteiger charge is 2.33. The van der Waals surface area contributed by atoms with Crippen molar-refractivity contribution in [3.8, 4) is 0 Å². The number of amides is 1. The predicted octanol–water partition coefficient (Wildman–Crippen LogP) is 3.11. The van der Waals surface area contributed by atoms with Gasteiger partial charge >= 0.3 is 12.3 Å². The highest BCUT2D eigenvalue weighted by molar-refractivity contribution is 14.0. The molecule has 1 fully saturated rings. The van der Waals surface area contributed by atoms with Crippen molar-refractivity contribution in [2.24, 2.45) is 4.99 Å². The van der Waals surface area contributed by atoms with Gasteiger partial charge in [-0.05, 0) is 19.8 Å². The first kappa shape index (κ1) is 24.7. The number of carbonyl (C=O) groups is 1. The third-order valence-electron chi connectivity index (χ3n) is 4.05. The van der Waals surface area contributed by atoms with Crippen molar-refractivity contribution in [2.75, 3.05) is 33.3 Å². The molecule has 0 spiro atoms. The predicted molar refractivity (Wildman–Crippen MR) is 112 cm³/mol. The Morgan fingerprint density at radius 2 is 2.11 bits per heavy atom. The number of thiazole rings is 1. The molecule has 0 aliphatic carbocycles. The molecule has 1 amide bonds. The van der Waals surface area contributed by atoms with Gasteiger partial charge in [-0.25, -0.2) is 9.78 Å². The summed E-state index contributed by atoms with van der Waals surface area (Å²) in [5.74, 6) is 0.613. The summed E-state index contributed by atoms with van der Waals surface area (Å²) in [6.45, 7) is 4.14. The number of rotatable bonds is 5. The van der Waals surface area contributed by atoms with E-state index in [1.807, 2.05) is 6.92 Å². The number of methoxy groups -OCH3 is 1. The molecule has 1 aromatic heterocycles. The van der Waals surface area contributed by atoms with E-state index in [1.54, 1.807) is 4.90 Å². The Morgan fingerprint density at radius 3 is 2.64 bits per heavy atom. The van der Waals surface area contributed by atoms with E-state index < -0.39 is 11.9 Å². The van der Waals surface area contributed by atoms with Crippen molar-refractivity contribution in [3.63, 3.8) is 0 Å². The lowest BCUT2D eigenvalue weighted by Crippen LogP contribution is -2.49. The third kappa shape index (κ3) is 7.60. The van der Waals surface area contributed by atoms with Gasteiger partial charge in [0, 0.05) is 44.0 Å². The van der Waals surface area contributed by atoms with Crippen LogP contribution < -0.4 is 10.6 Å². The number of aromatic nitrogens is 1. The number of nitrogens with one attached hydrogen (secondary N) is 2. The van der Waals surface area contributed by atoms with Gasteiger partial charge in [-0.2, -0.15) is 13.2 Å². The van der Waals surface area contributed by atoms with Gasteiger partial charge in [0.2, 0.25) is 0 Å². The van der Waals surface area contributed by atoms with Gasteiger partial charge in [0.1, 0.15) is 0 Å². The molecule has 1 saturated heterocycles. The van der Waals surface area contributed by atoms with Crippen molar-refractivity contribution in [1.82, 2.24) is 20.5 Å². The van der Waals surface area contributed by atoms with Crippen LogP contribution in [0, 0.1) is 0 Å². The minimum Gasteiger partial charge on any atom is -0.453 e. The van der Waals surface area contributed by atoms with Gasteiger partial charge in [-0.15, -0.1) is 35.3 Å². The van der Waals surface area contributed by atoms with Crippen LogP contribution in [-0.2, 0) is 17.3 Å². The average molecular weight is 535 g/mol. The lowest BCUT2D eigenvalue weighted by atomic mass is 10.1. The average Bonchev–Trinajstić information content (AvgIpc) is 3.11. The van der Waals surface area contributed by atoms with Crippen molar-refractivity contribution in [2.45, 2.75) is 38.4 Å². The van der Waals surface area contributed by atoms with Gasteiger partial charge in [-0.1, -0.05) is 0 Å². The van der Waals surface area contributed by atoms with Gasteiger partial charge in [-0.3, -0.25) is 4.99 Å². The molecule has 2 rings (SSSR count). The summed E-state index contributed by atoms with van der Waals surface area (Å²) in [7, 11) is 1.36. The molecule has 0 unspecified atom stereocenters. The van der Waals surface area contributed by atoms with Crippen molar-refractivity contribution < 1.29 is 22.7 Å². The normalized spacial score (nSPS) is 15.8. The molecule has 2 N–H and O–H groups in total. The zero-order valence-electron chi connectivity index (χ0n) is 15.7. The van der Waals surface area contributed by atoms with Crippen LogP contribution in [0.3, 0.4) is 0 Å². The Kier molecular flexibility index (Phi) is 10.3. The first-order valence-electron chi connectivity index (χ1n) is 8.72. The summed E-state index contributed by atoms with van der Waals surface area (Å²) in [6, 6.07) is 0.167. The smallest absolute Gasteiger partial charge is 0.434 e. The van der Waals surface area contributed by atoms with Crippen molar-refractivity contribution in [3.05, 3.63) is 16.1 Å². The number of aliphatic imine (C=N–C) groups is 1. The third-order valence-corrected chi connectivity index (χ3v) is 4.96. The minimum absolute atomic E-state index is 0. The Labute approximate surface area is 183 Å². The number of nitrogens with zero attached hydrogens (tertiary/aromatic N) is 3. The molecular formula is C16H25F3IN5O2S. The molecule has 160 valence electrons. The molecule has 7 nitrogen and oxygen atoms in total. The molecule has 0 saturated carbocycles. The summed E-state index contributed by atoms with van der Waals surface area (Å²) >= 11 is 0.992. The molecular weight excluding hydrogens is 510 g/mol. The van der Waals surface area contributed by atoms with Gasteiger partial charge in [0.05, 0.1) is 12.1 Å². The highest BCUT2D eigenvalue weighted by atomic mass is 127. The Balaban J connectivity index is 0.00000392. The number of hydrogen-bond acceptors (Lipinski definition) is 5. The van der Waals surface area contributed by atoms with E-state index in [4.69, 9.17) is 4.74 Å². The second-order valence-corrected chi connectivity index (χ2v) is 6.95. The molecule has 0 atom stereocenters. The van der Waals surface area contributed by atoms with E-state index in [-0.39, 0.29) is 36.1 Å². The van der Waals surface area contributed by atoms with Crippen LogP contribution in [0.4, 0.5) is 18.0 Å². The number of carbonyl (C=O) groups excluding carboxylic acids is 1. The van der Waals surface area contributed by atoms with Crippen LogP contribution in [0.2, 0.25) is 0 Å². The maximum atomic E-state index is 12.6. The lowest BCUT2D eigenvalue weighted by Gasteiger charge is -2.32. The van der Waals surface area contributed by atoms with E-state index in [2.05, 4.69) is 20.6 Å². The fraction of sp³-hybridized carbons (Fsp3) is 0.688. The number of likely N-dealkylation sites (tertiary alicyclic amines) is 1. The van der Waals surface area contributed by atoms with Crippen molar-refractivity contribution in [1.29, 1.82) is 0 Å². The summed E-state index contributed by atoms with van der Waals surface area (Å²) < 4.78 is 42.4. The van der Waals surface area contributed by atoms with E-state index >= 15 is 0 Å². The van der Waals surface area contributed by atoms with Gasteiger partial charge < -0.3 is 20.3 Å². The van der Waals surface area contributed by atoms with Crippen LogP contribution in [0.1, 0.15) is 30.5 Å². The van der Waals surface area contributed by atoms with Crippen LogP contribution in [0.15, 0.2) is 10.4 Å². The molecule has 0 bridgehead atoms. The SMILES string of the molecule is CCNC(=NCCc1nc(C(F)(F)F)cs1)NC1CCN(C(=O)OC)CC1.I. The van der Waals surface area contributed by atoms with Crippen LogP contribution >= 0.6 is 35.3 Å². The number of ether oxygens (including phenoxy) is 1. The molecule has 2 heterocycles. The second kappa shape index (κ2) is 11.6. The van der Waals surface area contributed by atoms with E-state index in [9.17, 15) is 18.0 Å². The maximum absolute atomic E-state index is 12.6. The zero-order valence-corrected chi connectivity index (χ0v) is 18.9. The molecule has 1 aliphatic rings. The Hall–Kier alpha value is -1.31. The van der Waals surface area contributed by atoms with E-state index in [0.717, 1.165) is 29.6 Å². The largest absolute Gasteiger partial charge is 0.453 e. The first-order valence-corrected chi connectivity index (χ1v) is 9.60. The maximum Gasteiger partial charge on any atom is 0.434 e. The topological polar surface area (TPSA) is 78.9 Å². The first-order chi connectivity index (χ1) is 12.8. The number of guanidine groups is 1. The minimum atomic E-state index is -4.41. The molecule has 0 aromatic carbocycles. The summed E-state index contributed by atoms with van der Waals surface area (Å²) in [5, 5.41) is 7.88. The summed E-state index contributed by atoms with van der Waals surface area (Å²) in [5.41, 5.74) is -0.853. The van der Waals surface area contributed by atoms with E-state index in [1.165, 1.54) is 7.11 Å². The van der Waals surface area contributed by atoms with Crippen molar-refractivity contribution >= 4 is 47.4 Å². The molecule has 1 aromatic rings. The zero-order chi connectivity index (χ0) is 19.9. The standard InChI is InChI=1S/C16H24F3N5O2S.HI/c1-3-20-14(22-11-5-8-24(9-6-11)15(25)26-2)21-7-4-13-23-12(10-27-13)16(17,18)19;/h10-11H,3-9H2,1-2H3,(H2,20,21,22);1H. The van der Waals surface area contributed by atoms with E-state index in [0.29, 0.717) is 43.6 Å². The quantitative estimate of drug-likeness (QED) is 0.344.